The Morgan fingerprint density at radius 3 is 2.42 bits per heavy atom. The smallest absolute Gasteiger partial charge is 0.338 e. The molecule has 0 aliphatic carbocycles. The first-order valence-electron chi connectivity index (χ1n) is 12.3. The molecule has 0 fully saturated rings. The highest BCUT2D eigenvalue weighted by molar-refractivity contribution is 8.16. The molecule has 2 aliphatic heterocycles. The van der Waals surface area contributed by atoms with Crippen LogP contribution in [0, 0.1) is 0 Å². The zero-order chi connectivity index (χ0) is 25.8. The lowest BCUT2D eigenvalue weighted by Crippen LogP contribution is -2.38. The van der Waals surface area contributed by atoms with Crippen LogP contribution in [0.4, 0.5) is 0 Å². The standard InChI is InChI=1S/C29H33N3O3S/c1-6-24-26(28(34)35-5)27(22-14-12-21(13-15-22)19(2)3)32-23(18-36-29(32)30-24)16-25(33)31(4)17-20-10-8-7-9-11-20/h7-15,18-19,27H,6,16-17H2,1-5H3/t27-/m1/s1. The summed E-state index contributed by atoms with van der Waals surface area (Å²) in [4.78, 5) is 34.9. The number of allylic oxidation sites excluding steroid dienone is 1. The third-order valence-electron chi connectivity index (χ3n) is 6.57. The number of methoxy groups -OCH3 is 1. The van der Waals surface area contributed by atoms with E-state index < -0.39 is 12.0 Å². The molecule has 4 rings (SSSR count). The number of carbonyl (C=O) groups is 2. The van der Waals surface area contributed by atoms with E-state index in [0.717, 1.165) is 27.7 Å². The van der Waals surface area contributed by atoms with Crippen LogP contribution in [0.1, 0.15) is 62.3 Å². The van der Waals surface area contributed by atoms with E-state index >= 15 is 0 Å². The Labute approximate surface area is 217 Å². The van der Waals surface area contributed by atoms with Crippen molar-refractivity contribution in [2.75, 3.05) is 14.2 Å². The van der Waals surface area contributed by atoms with Gasteiger partial charge in [-0.25, -0.2) is 9.79 Å². The summed E-state index contributed by atoms with van der Waals surface area (Å²) < 4.78 is 5.21. The summed E-state index contributed by atoms with van der Waals surface area (Å²) in [6.07, 6.45) is 0.822. The van der Waals surface area contributed by atoms with Gasteiger partial charge in [-0.15, -0.1) is 0 Å². The van der Waals surface area contributed by atoms with Gasteiger partial charge in [0.2, 0.25) is 5.91 Å². The number of rotatable bonds is 8. The Balaban J connectivity index is 1.66. The second kappa shape index (κ2) is 11.2. The number of hydrogen-bond donors (Lipinski definition) is 0. The van der Waals surface area contributed by atoms with Gasteiger partial charge in [-0.05, 0) is 34.4 Å². The Morgan fingerprint density at radius 1 is 1.11 bits per heavy atom. The zero-order valence-corrected chi connectivity index (χ0v) is 22.3. The van der Waals surface area contributed by atoms with E-state index in [1.165, 1.54) is 24.4 Å². The van der Waals surface area contributed by atoms with Gasteiger partial charge < -0.3 is 14.5 Å². The minimum absolute atomic E-state index is 0.00532. The van der Waals surface area contributed by atoms with Gasteiger partial charge in [0.25, 0.3) is 0 Å². The molecule has 0 N–H and O–H groups in total. The van der Waals surface area contributed by atoms with E-state index in [2.05, 4.69) is 38.1 Å². The largest absolute Gasteiger partial charge is 0.466 e. The fourth-order valence-corrected chi connectivity index (χ4v) is 5.46. The van der Waals surface area contributed by atoms with Crippen LogP contribution in [-0.2, 0) is 20.9 Å². The molecule has 0 saturated heterocycles. The lowest BCUT2D eigenvalue weighted by Gasteiger charge is -2.37. The van der Waals surface area contributed by atoms with E-state index in [1.54, 1.807) is 4.90 Å². The van der Waals surface area contributed by atoms with E-state index in [9.17, 15) is 9.59 Å². The van der Waals surface area contributed by atoms with Crippen LogP contribution in [0.2, 0.25) is 0 Å². The van der Waals surface area contributed by atoms with Crippen molar-refractivity contribution in [2.24, 2.45) is 4.99 Å². The molecule has 2 heterocycles. The minimum atomic E-state index is -0.408. The summed E-state index contributed by atoms with van der Waals surface area (Å²) in [6, 6.07) is 17.9. The average molecular weight is 504 g/mol. The number of amides is 1. The molecule has 0 aromatic heterocycles. The van der Waals surface area contributed by atoms with Gasteiger partial charge in [-0.1, -0.05) is 87.1 Å². The van der Waals surface area contributed by atoms with Gasteiger partial charge in [-0.3, -0.25) is 4.79 Å². The monoisotopic (exact) mass is 503 g/mol. The van der Waals surface area contributed by atoms with Gasteiger partial charge in [0.15, 0.2) is 5.17 Å². The number of benzene rings is 2. The quantitative estimate of drug-likeness (QED) is 0.414. The molecule has 6 nitrogen and oxygen atoms in total. The third kappa shape index (κ3) is 5.26. The van der Waals surface area contributed by atoms with Crippen LogP contribution < -0.4 is 0 Å². The molecule has 36 heavy (non-hydrogen) atoms. The molecule has 188 valence electrons. The zero-order valence-electron chi connectivity index (χ0n) is 21.5. The molecule has 0 unspecified atom stereocenters. The third-order valence-corrected chi connectivity index (χ3v) is 7.46. The Bertz CT molecular complexity index is 1220. The van der Waals surface area contributed by atoms with E-state index in [-0.39, 0.29) is 12.3 Å². The molecule has 7 heteroatoms. The van der Waals surface area contributed by atoms with Crippen LogP contribution in [0.3, 0.4) is 0 Å². The molecule has 2 aromatic rings. The first kappa shape index (κ1) is 25.8. The van der Waals surface area contributed by atoms with Crippen molar-refractivity contribution in [2.45, 2.75) is 52.1 Å². The number of carbonyl (C=O) groups excluding carboxylic acids is 2. The summed E-state index contributed by atoms with van der Waals surface area (Å²) in [6.45, 7) is 6.84. The summed E-state index contributed by atoms with van der Waals surface area (Å²) >= 11 is 1.50. The number of thioether (sulfide) groups is 1. The predicted octanol–water partition coefficient (Wildman–Crippen LogP) is 6.00. The fraction of sp³-hybridized carbons (Fsp3) is 0.345. The number of amidine groups is 1. The molecular weight excluding hydrogens is 470 g/mol. The van der Waals surface area contributed by atoms with Gasteiger partial charge in [0.05, 0.1) is 30.8 Å². The highest BCUT2D eigenvalue weighted by atomic mass is 32.2. The molecule has 2 aliphatic rings. The maximum absolute atomic E-state index is 13.2. The number of hydrogen-bond acceptors (Lipinski definition) is 6. The highest BCUT2D eigenvalue weighted by Crippen LogP contribution is 2.45. The second-order valence-electron chi connectivity index (χ2n) is 9.33. The van der Waals surface area contributed by atoms with Gasteiger partial charge in [-0.2, -0.15) is 0 Å². The van der Waals surface area contributed by atoms with E-state index in [4.69, 9.17) is 9.73 Å². The van der Waals surface area contributed by atoms with Gasteiger partial charge in [0.1, 0.15) is 0 Å². The molecule has 1 amide bonds. The molecule has 0 spiro atoms. The minimum Gasteiger partial charge on any atom is -0.466 e. The lowest BCUT2D eigenvalue weighted by molar-refractivity contribution is -0.136. The highest BCUT2D eigenvalue weighted by Gasteiger charge is 2.41. The summed E-state index contributed by atoms with van der Waals surface area (Å²) in [5, 5.41) is 2.77. The second-order valence-corrected chi connectivity index (χ2v) is 10.2. The van der Waals surface area contributed by atoms with Crippen LogP contribution in [0.5, 0.6) is 0 Å². The van der Waals surface area contributed by atoms with Crippen molar-refractivity contribution < 1.29 is 14.3 Å². The average Bonchev–Trinajstić information content (AvgIpc) is 3.29. The van der Waals surface area contributed by atoms with E-state index in [0.29, 0.717) is 24.5 Å². The fourth-order valence-electron chi connectivity index (χ4n) is 4.53. The molecule has 0 saturated carbocycles. The van der Waals surface area contributed by atoms with Crippen LogP contribution in [0.25, 0.3) is 0 Å². The van der Waals surface area contributed by atoms with Crippen molar-refractivity contribution >= 4 is 28.8 Å². The van der Waals surface area contributed by atoms with Crippen LogP contribution >= 0.6 is 11.8 Å². The van der Waals surface area contributed by atoms with Crippen molar-refractivity contribution in [3.8, 4) is 0 Å². The Morgan fingerprint density at radius 2 is 1.81 bits per heavy atom. The molecule has 0 radical (unpaired) electrons. The molecule has 0 bridgehead atoms. The van der Waals surface area contributed by atoms with Crippen molar-refractivity contribution in [3.63, 3.8) is 0 Å². The number of nitrogens with zero attached hydrogens (tertiary/aromatic N) is 3. The van der Waals surface area contributed by atoms with Gasteiger partial charge in [0, 0.05) is 19.3 Å². The van der Waals surface area contributed by atoms with Crippen LogP contribution in [0.15, 0.2) is 82.0 Å². The molecule has 2 aromatic carbocycles. The summed E-state index contributed by atoms with van der Waals surface area (Å²) in [7, 11) is 3.22. The lowest BCUT2D eigenvalue weighted by atomic mass is 9.91. The summed E-state index contributed by atoms with van der Waals surface area (Å²) in [5.74, 6) is 0.0158. The summed E-state index contributed by atoms with van der Waals surface area (Å²) in [5.41, 5.74) is 5.36. The SMILES string of the molecule is CCC1=C(C(=O)OC)[C@@H](c2ccc(C(C)C)cc2)N2C(CC(=O)N(C)Cc3ccccc3)=CSC2=N1. The van der Waals surface area contributed by atoms with Gasteiger partial charge >= 0.3 is 5.97 Å². The van der Waals surface area contributed by atoms with E-state index in [1.807, 2.05) is 54.6 Å². The number of esters is 1. The molecular formula is C29H33N3O3S. The topological polar surface area (TPSA) is 62.2 Å². The Kier molecular flexibility index (Phi) is 7.99. The molecule has 1 atom stereocenters. The number of aliphatic imine (C=N–C) groups is 1. The normalized spacial score (nSPS) is 17.1. The van der Waals surface area contributed by atoms with Crippen molar-refractivity contribution in [1.29, 1.82) is 0 Å². The first-order valence-corrected chi connectivity index (χ1v) is 13.1. The van der Waals surface area contributed by atoms with Crippen LogP contribution in [-0.4, -0.2) is 41.0 Å². The predicted molar refractivity (Wildman–Crippen MR) is 145 cm³/mol. The van der Waals surface area contributed by atoms with Crippen molar-refractivity contribution in [1.82, 2.24) is 9.80 Å². The first-order chi connectivity index (χ1) is 17.3. The Hall–Kier alpha value is -3.32. The maximum Gasteiger partial charge on any atom is 0.338 e. The maximum atomic E-state index is 13.2. The van der Waals surface area contributed by atoms with Crippen molar-refractivity contribution in [3.05, 3.63) is 93.7 Å². The number of ether oxygens (including phenoxy) is 1. The number of fused-ring (bicyclic) bond motifs is 1.